The minimum Gasteiger partial charge on any atom is -0.325 e. The molecule has 0 saturated heterocycles. The Hall–Kier alpha value is -2.53. The van der Waals surface area contributed by atoms with Crippen LogP contribution in [0.4, 0.5) is 11.4 Å². The molecule has 0 atom stereocenters. The lowest BCUT2D eigenvalue weighted by atomic mass is 10.2. The highest BCUT2D eigenvalue weighted by Crippen LogP contribution is 2.26. The van der Waals surface area contributed by atoms with E-state index in [2.05, 4.69) is 17.2 Å². The Labute approximate surface area is 140 Å². The number of carbonyl (C=O) groups excluding carboxylic acids is 2. The van der Waals surface area contributed by atoms with Crippen molar-refractivity contribution in [1.29, 1.82) is 0 Å². The summed E-state index contributed by atoms with van der Waals surface area (Å²) in [7, 11) is 0. The maximum atomic E-state index is 12.6. The smallest absolute Gasteiger partial charge is 0.256 e. The predicted octanol–water partition coefficient (Wildman–Crippen LogP) is 4.18. The van der Waals surface area contributed by atoms with Gasteiger partial charge in [-0.2, -0.15) is 0 Å². The van der Waals surface area contributed by atoms with Crippen LogP contribution in [0.1, 0.15) is 17.3 Å². The first-order valence-corrected chi connectivity index (χ1v) is 8.11. The molecule has 23 heavy (non-hydrogen) atoms. The second-order valence-electron chi connectivity index (χ2n) is 4.78. The molecule has 0 aliphatic heterocycles. The summed E-state index contributed by atoms with van der Waals surface area (Å²) >= 11 is 1.55. The third kappa shape index (κ3) is 4.72. The van der Waals surface area contributed by atoms with E-state index in [4.69, 9.17) is 0 Å². The van der Waals surface area contributed by atoms with Gasteiger partial charge in [-0.25, -0.2) is 0 Å². The van der Waals surface area contributed by atoms with E-state index in [0.29, 0.717) is 16.9 Å². The van der Waals surface area contributed by atoms with Crippen molar-refractivity contribution in [3.05, 3.63) is 66.7 Å². The molecule has 2 aromatic carbocycles. The number of hydrogen-bond acceptors (Lipinski definition) is 3. The lowest BCUT2D eigenvalue weighted by Gasteiger charge is -2.13. The number of nitrogens with one attached hydrogen (secondary N) is 2. The van der Waals surface area contributed by atoms with Gasteiger partial charge >= 0.3 is 0 Å². The van der Waals surface area contributed by atoms with Crippen LogP contribution in [0.5, 0.6) is 0 Å². The molecule has 0 spiro atoms. The van der Waals surface area contributed by atoms with Crippen LogP contribution in [-0.4, -0.2) is 17.6 Å². The van der Waals surface area contributed by atoms with Gasteiger partial charge in [-0.05, 0) is 24.3 Å². The van der Waals surface area contributed by atoms with Crippen molar-refractivity contribution in [1.82, 2.24) is 0 Å². The average molecular weight is 326 g/mol. The van der Waals surface area contributed by atoms with Crippen LogP contribution in [0, 0.1) is 0 Å². The quantitative estimate of drug-likeness (QED) is 0.618. The SMILES string of the molecule is C=CCSc1ccccc1C(=O)Nc1ccccc1NC(C)=O. The van der Waals surface area contributed by atoms with Gasteiger partial charge in [0.1, 0.15) is 0 Å². The van der Waals surface area contributed by atoms with Crippen LogP contribution in [0.3, 0.4) is 0 Å². The Bertz CT molecular complexity index is 728. The van der Waals surface area contributed by atoms with E-state index < -0.39 is 0 Å². The van der Waals surface area contributed by atoms with Crippen LogP contribution >= 0.6 is 11.8 Å². The van der Waals surface area contributed by atoms with Gasteiger partial charge in [0.15, 0.2) is 0 Å². The molecule has 0 unspecified atom stereocenters. The fourth-order valence-corrected chi connectivity index (χ4v) is 2.80. The summed E-state index contributed by atoms with van der Waals surface area (Å²) in [4.78, 5) is 24.7. The molecule has 0 aliphatic rings. The minimum absolute atomic E-state index is 0.186. The first kappa shape index (κ1) is 16.8. The normalized spacial score (nSPS) is 9.96. The summed E-state index contributed by atoms with van der Waals surface area (Å²) in [6, 6.07) is 14.5. The molecule has 0 saturated carbocycles. The van der Waals surface area contributed by atoms with Gasteiger partial charge in [-0.3, -0.25) is 9.59 Å². The van der Waals surface area contributed by atoms with E-state index in [1.807, 2.05) is 18.2 Å². The molecule has 4 nitrogen and oxygen atoms in total. The summed E-state index contributed by atoms with van der Waals surface area (Å²) in [5.74, 6) is 0.329. The molecule has 2 amide bonds. The van der Waals surface area contributed by atoms with Gasteiger partial charge in [-0.15, -0.1) is 18.3 Å². The van der Waals surface area contributed by atoms with Gasteiger partial charge in [0, 0.05) is 17.6 Å². The molecule has 2 rings (SSSR count). The second-order valence-corrected chi connectivity index (χ2v) is 5.84. The fraction of sp³-hybridized carbons (Fsp3) is 0.111. The van der Waals surface area contributed by atoms with E-state index in [9.17, 15) is 9.59 Å². The molecule has 5 heteroatoms. The van der Waals surface area contributed by atoms with Crippen LogP contribution < -0.4 is 10.6 Å². The monoisotopic (exact) mass is 326 g/mol. The van der Waals surface area contributed by atoms with Gasteiger partial charge < -0.3 is 10.6 Å². The molecule has 0 aliphatic carbocycles. The molecule has 2 N–H and O–H groups in total. The third-order valence-electron chi connectivity index (χ3n) is 2.97. The maximum Gasteiger partial charge on any atom is 0.256 e. The van der Waals surface area contributed by atoms with E-state index in [-0.39, 0.29) is 11.8 Å². The van der Waals surface area contributed by atoms with Crippen molar-refractivity contribution in [2.45, 2.75) is 11.8 Å². The number of thioether (sulfide) groups is 1. The number of rotatable bonds is 6. The number of anilines is 2. The number of hydrogen-bond donors (Lipinski definition) is 2. The highest BCUT2D eigenvalue weighted by molar-refractivity contribution is 7.99. The topological polar surface area (TPSA) is 58.2 Å². The number of para-hydroxylation sites is 2. The molecule has 0 radical (unpaired) electrons. The maximum absolute atomic E-state index is 12.6. The molecule has 118 valence electrons. The van der Waals surface area contributed by atoms with Crippen LogP contribution in [-0.2, 0) is 4.79 Å². The van der Waals surface area contributed by atoms with Crippen molar-refractivity contribution in [2.24, 2.45) is 0 Å². The highest BCUT2D eigenvalue weighted by atomic mass is 32.2. The first-order chi connectivity index (χ1) is 11.1. The molecular weight excluding hydrogens is 308 g/mol. The largest absolute Gasteiger partial charge is 0.325 e. The summed E-state index contributed by atoms with van der Waals surface area (Å²) in [6.45, 7) is 5.13. The molecular formula is C18H18N2O2S. The number of amides is 2. The van der Waals surface area contributed by atoms with E-state index in [1.165, 1.54) is 6.92 Å². The molecule has 0 aromatic heterocycles. The van der Waals surface area contributed by atoms with Crippen LogP contribution in [0.2, 0.25) is 0 Å². The summed E-state index contributed by atoms with van der Waals surface area (Å²) in [5.41, 5.74) is 1.73. The average Bonchev–Trinajstić information content (AvgIpc) is 2.54. The van der Waals surface area contributed by atoms with Crippen molar-refractivity contribution in [3.63, 3.8) is 0 Å². The first-order valence-electron chi connectivity index (χ1n) is 7.12. The van der Waals surface area contributed by atoms with Gasteiger partial charge in [0.05, 0.1) is 16.9 Å². The zero-order valence-corrected chi connectivity index (χ0v) is 13.7. The van der Waals surface area contributed by atoms with E-state index >= 15 is 0 Å². The van der Waals surface area contributed by atoms with E-state index in [0.717, 1.165) is 10.6 Å². The standard InChI is InChI=1S/C18H18N2O2S/c1-3-12-23-17-11-7-4-8-14(17)18(22)20-16-10-6-5-9-15(16)19-13(2)21/h3-11H,1,12H2,2H3,(H,19,21)(H,20,22). The summed E-state index contributed by atoms with van der Waals surface area (Å²) in [5, 5.41) is 5.56. The van der Waals surface area contributed by atoms with E-state index in [1.54, 1.807) is 48.2 Å². The van der Waals surface area contributed by atoms with Crippen molar-refractivity contribution < 1.29 is 9.59 Å². The third-order valence-corrected chi connectivity index (χ3v) is 4.04. The Balaban J connectivity index is 2.23. The Morgan fingerprint density at radius 1 is 1.04 bits per heavy atom. The second kappa shape index (κ2) is 8.19. The van der Waals surface area contributed by atoms with Crippen molar-refractivity contribution >= 4 is 35.0 Å². The van der Waals surface area contributed by atoms with Crippen LogP contribution in [0.25, 0.3) is 0 Å². The van der Waals surface area contributed by atoms with Crippen molar-refractivity contribution in [2.75, 3.05) is 16.4 Å². The molecule has 0 bridgehead atoms. The highest BCUT2D eigenvalue weighted by Gasteiger charge is 2.13. The van der Waals surface area contributed by atoms with Gasteiger partial charge in [0.2, 0.25) is 5.91 Å². The fourth-order valence-electron chi connectivity index (χ4n) is 2.01. The van der Waals surface area contributed by atoms with Gasteiger partial charge in [-0.1, -0.05) is 30.3 Å². The Morgan fingerprint density at radius 3 is 2.30 bits per heavy atom. The van der Waals surface area contributed by atoms with Crippen molar-refractivity contribution in [3.8, 4) is 0 Å². The lowest BCUT2D eigenvalue weighted by Crippen LogP contribution is -2.15. The summed E-state index contributed by atoms with van der Waals surface area (Å²) in [6.07, 6.45) is 1.80. The Kier molecular flexibility index (Phi) is 6.00. The number of carbonyl (C=O) groups is 2. The minimum atomic E-state index is -0.213. The molecule has 2 aromatic rings. The lowest BCUT2D eigenvalue weighted by molar-refractivity contribution is -0.114. The summed E-state index contributed by atoms with van der Waals surface area (Å²) < 4.78 is 0. The van der Waals surface area contributed by atoms with Crippen LogP contribution in [0.15, 0.2) is 66.1 Å². The molecule has 0 fully saturated rings. The zero-order valence-electron chi connectivity index (χ0n) is 12.8. The number of benzene rings is 2. The Morgan fingerprint density at radius 2 is 1.65 bits per heavy atom. The van der Waals surface area contributed by atoms with Gasteiger partial charge in [0.25, 0.3) is 5.91 Å². The zero-order chi connectivity index (χ0) is 16.7. The predicted molar refractivity (Wildman–Crippen MR) is 96.1 cm³/mol. The molecule has 0 heterocycles.